The molecule has 0 spiro atoms. The van der Waals surface area contributed by atoms with Crippen LogP contribution in [-0.2, 0) is 9.53 Å². The van der Waals surface area contributed by atoms with Crippen LogP contribution in [0.2, 0.25) is 0 Å². The van der Waals surface area contributed by atoms with Crippen LogP contribution in [0.1, 0.15) is 18.5 Å². The quantitative estimate of drug-likeness (QED) is 0.811. The number of nitrogens with two attached hydrogens (primary N) is 1. The minimum Gasteiger partial charge on any atom is -0.508 e. The van der Waals surface area contributed by atoms with Crippen molar-refractivity contribution in [2.24, 2.45) is 5.73 Å². The zero-order valence-corrected chi connectivity index (χ0v) is 9.49. The first-order valence-electron chi connectivity index (χ1n) is 5.09. The SMILES string of the molecule is CCOC(=O)C(F)(F)[C@@H](N)c1ccc(O)cc1F. The normalized spacial score (nSPS) is 13.2. The highest BCUT2D eigenvalue weighted by Crippen LogP contribution is 2.32. The highest BCUT2D eigenvalue weighted by molar-refractivity contribution is 5.78. The second-order valence-corrected chi connectivity index (χ2v) is 3.53. The summed E-state index contributed by atoms with van der Waals surface area (Å²) in [6, 6.07) is 0.343. The molecule has 0 saturated carbocycles. The van der Waals surface area contributed by atoms with E-state index in [4.69, 9.17) is 10.8 Å². The van der Waals surface area contributed by atoms with Crippen LogP contribution in [0.3, 0.4) is 0 Å². The van der Waals surface area contributed by atoms with E-state index in [2.05, 4.69) is 4.74 Å². The van der Waals surface area contributed by atoms with Crippen LogP contribution in [0.25, 0.3) is 0 Å². The van der Waals surface area contributed by atoms with Gasteiger partial charge in [0.15, 0.2) is 0 Å². The molecule has 1 aromatic rings. The Morgan fingerprint density at radius 2 is 2.17 bits per heavy atom. The molecule has 1 aromatic carbocycles. The van der Waals surface area contributed by atoms with Crippen molar-refractivity contribution in [1.82, 2.24) is 0 Å². The molecular weight excluding hydrogens is 251 g/mol. The predicted molar refractivity (Wildman–Crippen MR) is 56.6 cm³/mol. The third kappa shape index (κ3) is 2.73. The zero-order valence-electron chi connectivity index (χ0n) is 9.49. The lowest BCUT2D eigenvalue weighted by molar-refractivity contribution is -0.174. The van der Waals surface area contributed by atoms with Crippen LogP contribution in [0.5, 0.6) is 5.75 Å². The summed E-state index contributed by atoms with van der Waals surface area (Å²) in [5.74, 6) is -7.41. The van der Waals surface area contributed by atoms with Gasteiger partial charge in [0.2, 0.25) is 0 Å². The van der Waals surface area contributed by atoms with Gasteiger partial charge in [0.1, 0.15) is 17.6 Å². The Morgan fingerprint density at radius 3 is 2.67 bits per heavy atom. The Hall–Kier alpha value is -1.76. The van der Waals surface area contributed by atoms with Crippen molar-refractivity contribution < 1.29 is 27.8 Å². The number of carbonyl (C=O) groups excluding carboxylic acids is 1. The molecule has 0 radical (unpaired) electrons. The van der Waals surface area contributed by atoms with Gasteiger partial charge in [0.25, 0.3) is 0 Å². The monoisotopic (exact) mass is 263 g/mol. The van der Waals surface area contributed by atoms with Gasteiger partial charge in [0, 0.05) is 11.6 Å². The van der Waals surface area contributed by atoms with E-state index in [1.807, 2.05) is 0 Å². The molecule has 0 amide bonds. The number of esters is 1. The lowest BCUT2D eigenvalue weighted by Gasteiger charge is -2.22. The van der Waals surface area contributed by atoms with Crippen LogP contribution in [0, 0.1) is 5.82 Å². The molecule has 7 heteroatoms. The largest absolute Gasteiger partial charge is 0.508 e. The molecule has 18 heavy (non-hydrogen) atoms. The number of alkyl halides is 2. The summed E-state index contributed by atoms with van der Waals surface area (Å²) in [4.78, 5) is 11.0. The molecule has 1 atom stereocenters. The molecule has 0 aliphatic rings. The van der Waals surface area contributed by atoms with Crippen molar-refractivity contribution in [1.29, 1.82) is 0 Å². The van der Waals surface area contributed by atoms with Gasteiger partial charge < -0.3 is 15.6 Å². The van der Waals surface area contributed by atoms with E-state index in [1.165, 1.54) is 6.92 Å². The van der Waals surface area contributed by atoms with Gasteiger partial charge in [-0.25, -0.2) is 9.18 Å². The molecule has 0 fully saturated rings. The Morgan fingerprint density at radius 1 is 1.56 bits per heavy atom. The maximum Gasteiger partial charge on any atom is 0.379 e. The average Bonchev–Trinajstić information content (AvgIpc) is 2.28. The van der Waals surface area contributed by atoms with Crippen LogP contribution in [-0.4, -0.2) is 23.6 Å². The van der Waals surface area contributed by atoms with E-state index in [0.717, 1.165) is 12.1 Å². The van der Waals surface area contributed by atoms with Gasteiger partial charge in [-0.1, -0.05) is 6.07 Å². The molecule has 0 bridgehead atoms. The minimum absolute atomic E-state index is 0.237. The first-order valence-corrected chi connectivity index (χ1v) is 5.09. The van der Waals surface area contributed by atoms with E-state index in [-0.39, 0.29) is 6.61 Å². The molecule has 1 rings (SSSR count). The first kappa shape index (κ1) is 14.3. The lowest BCUT2D eigenvalue weighted by atomic mass is 10.0. The van der Waals surface area contributed by atoms with Gasteiger partial charge in [0.05, 0.1) is 6.61 Å². The number of aromatic hydroxyl groups is 1. The summed E-state index contributed by atoms with van der Waals surface area (Å²) in [5, 5.41) is 8.96. The van der Waals surface area contributed by atoms with Gasteiger partial charge in [-0.2, -0.15) is 8.78 Å². The Bertz CT molecular complexity index is 451. The molecule has 4 nitrogen and oxygen atoms in total. The Kier molecular flexibility index (Phi) is 4.18. The van der Waals surface area contributed by atoms with Gasteiger partial charge in [-0.05, 0) is 13.0 Å². The number of hydrogen-bond acceptors (Lipinski definition) is 4. The second-order valence-electron chi connectivity index (χ2n) is 3.53. The van der Waals surface area contributed by atoms with E-state index >= 15 is 0 Å². The Balaban J connectivity index is 3.05. The molecule has 0 saturated heterocycles. The molecule has 0 aliphatic heterocycles. The molecular formula is C11H12F3NO3. The highest BCUT2D eigenvalue weighted by atomic mass is 19.3. The number of hydrogen-bond donors (Lipinski definition) is 2. The number of halogens is 3. The molecule has 0 heterocycles. The summed E-state index contributed by atoms with van der Waals surface area (Å²) < 4.78 is 44.6. The second kappa shape index (κ2) is 5.26. The number of rotatable bonds is 4. The highest BCUT2D eigenvalue weighted by Gasteiger charge is 2.48. The standard InChI is InChI=1S/C11H12F3NO3/c1-2-18-10(17)11(13,14)9(15)7-4-3-6(16)5-8(7)12/h3-5,9,16H,2,15H2,1H3/t9-/m0/s1. The smallest absolute Gasteiger partial charge is 0.379 e. The fraction of sp³-hybridized carbons (Fsp3) is 0.364. The van der Waals surface area contributed by atoms with Gasteiger partial charge in [-0.15, -0.1) is 0 Å². The van der Waals surface area contributed by atoms with Crippen LogP contribution >= 0.6 is 0 Å². The fourth-order valence-corrected chi connectivity index (χ4v) is 1.32. The summed E-state index contributed by atoms with van der Waals surface area (Å²) >= 11 is 0. The molecule has 3 N–H and O–H groups in total. The maximum atomic E-state index is 13.5. The van der Waals surface area contributed by atoms with Gasteiger partial charge >= 0.3 is 11.9 Å². The number of phenols is 1. The summed E-state index contributed by atoms with van der Waals surface area (Å²) in [6.45, 7) is 1.12. The van der Waals surface area contributed by atoms with E-state index < -0.39 is 35.1 Å². The fourth-order valence-electron chi connectivity index (χ4n) is 1.32. The van der Waals surface area contributed by atoms with Crippen molar-refractivity contribution in [3.8, 4) is 5.75 Å². The minimum atomic E-state index is -4.05. The molecule has 0 unspecified atom stereocenters. The number of ether oxygens (including phenoxy) is 1. The summed E-state index contributed by atoms with van der Waals surface area (Å²) in [5.41, 5.74) is 4.60. The van der Waals surface area contributed by atoms with Crippen LogP contribution < -0.4 is 5.73 Å². The van der Waals surface area contributed by atoms with Crippen molar-refractivity contribution in [3.05, 3.63) is 29.6 Å². The van der Waals surface area contributed by atoms with Crippen LogP contribution in [0.15, 0.2) is 18.2 Å². The third-order valence-corrected chi connectivity index (χ3v) is 2.26. The maximum absolute atomic E-state index is 13.5. The number of phenolic OH excluding ortho intramolecular Hbond substituents is 1. The summed E-state index contributed by atoms with van der Waals surface area (Å²) in [7, 11) is 0. The predicted octanol–water partition coefficient (Wildman–Crippen LogP) is 1.73. The summed E-state index contributed by atoms with van der Waals surface area (Å²) in [6.07, 6.45) is 0. The first-order chi connectivity index (χ1) is 8.30. The van der Waals surface area contributed by atoms with Crippen molar-refractivity contribution >= 4 is 5.97 Å². The van der Waals surface area contributed by atoms with Crippen molar-refractivity contribution in [2.45, 2.75) is 18.9 Å². The molecule has 100 valence electrons. The topological polar surface area (TPSA) is 72.5 Å². The average molecular weight is 263 g/mol. The van der Waals surface area contributed by atoms with E-state index in [1.54, 1.807) is 0 Å². The molecule has 0 aromatic heterocycles. The Labute approximate surface area is 101 Å². The van der Waals surface area contributed by atoms with Crippen molar-refractivity contribution in [3.63, 3.8) is 0 Å². The third-order valence-electron chi connectivity index (χ3n) is 2.26. The van der Waals surface area contributed by atoms with Gasteiger partial charge in [-0.3, -0.25) is 0 Å². The lowest BCUT2D eigenvalue weighted by Crippen LogP contribution is -2.42. The van der Waals surface area contributed by atoms with E-state index in [0.29, 0.717) is 6.07 Å². The van der Waals surface area contributed by atoms with E-state index in [9.17, 15) is 18.0 Å². The molecule has 0 aliphatic carbocycles. The van der Waals surface area contributed by atoms with Crippen LogP contribution in [0.4, 0.5) is 13.2 Å². The zero-order chi connectivity index (χ0) is 13.9. The van der Waals surface area contributed by atoms with Crippen molar-refractivity contribution in [2.75, 3.05) is 6.61 Å². The number of carbonyl (C=O) groups is 1. The number of benzene rings is 1.